The first-order chi connectivity index (χ1) is 38.1. The normalized spacial score (nSPS) is 14.0. The van der Waals surface area contributed by atoms with E-state index in [1.54, 1.807) is 0 Å². The van der Waals surface area contributed by atoms with Gasteiger partial charge in [-0.15, -0.1) is 0 Å². The molecule has 0 aliphatic heterocycles. The molecule has 0 fully saturated rings. The second-order valence-corrected chi connectivity index (χ2v) is 20.2. The summed E-state index contributed by atoms with van der Waals surface area (Å²) < 4.78 is 6.29. The van der Waals surface area contributed by atoms with Crippen LogP contribution in [0.1, 0.15) is 57.0 Å². The van der Waals surface area contributed by atoms with Crippen LogP contribution < -0.4 is 4.90 Å². The van der Waals surface area contributed by atoms with Crippen LogP contribution in [-0.2, 0) is 10.8 Å². The molecule has 1 spiro atoms. The van der Waals surface area contributed by atoms with Crippen LogP contribution in [0.4, 0.5) is 11.4 Å². The second kappa shape index (κ2) is 18.9. The van der Waals surface area contributed by atoms with Gasteiger partial charge in [0.1, 0.15) is 11.2 Å². The number of furan rings is 1. The lowest BCUT2D eigenvalue weighted by molar-refractivity contribution is 0.623. The lowest BCUT2D eigenvalue weighted by Gasteiger charge is -2.50. The number of hydrogen-bond donors (Lipinski definition) is 0. The SMILES string of the molecule is C\C=C/C(=C\C=C\N(c1ccc(-c2ccccc2)cc1)c1ccc(-c2ccc3c(c2)oc2ccccc23)cc1)c1ccc2c(c1)-c1ccccc1C21c2ccccc2C(c2ccccc2)(c2ccccc2)c2ccccc21. The predicted octanol–water partition coefficient (Wildman–Crippen LogP) is 19.3. The Morgan fingerprint density at radius 3 is 1.48 bits per heavy atom. The number of para-hydroxylation sites is 1. The van der Waals surface area contributed by atoms with Gasteiger partial charge in [0.25, 0.3) is 0 Å². The van der Waals surface area contributed by atoms with Crippen LogP contribution in [-0.4, -0.2) is 0 Å². The maximum Gasteiger partial charge on any atom is 0.136 e. The van der Waals surface area contributed by atoms with Crippen molar-refractivity contribution in [2.24, 2.45) is 0 Å². The molecule has 11 aromatic carbocycles. The lowest BCUT2D eigenvalue weighted by Crippen LogP contribution is -2.44. The quantitative estimate of drug-likeness (QED) is 0.127. The predicted molar refractivity (Wildman–Crippen MR) is 321 cm³/mol. The first-order valence-corrected chi connectivity index (χ1v) is 26.7. The Bertz CT molecular complexity index is 4170. The molecule has 1 heterocycles. The number of benzene rings is 11. The first-order valence-electron chi connectivity index (χ1n) is 26.7. The number of fused-ring (bicyclic) bond motifs is 12. The summed E-state index contributed by atoms with van der Waals surface area (Å²) in [6.45, 7) is 2.10. The first kappa shape index (κ1) is 45.8. The van der Waals surface area contributed by atoms with Crippen LogP contribution in [0.2, 0.25) is 0 Å². The molecule has 1 aromatic heterocycles. The topological polar surface area (TPSA) is 16.4 Å². The van der Waals surface area contributed by atoms with Gasteiger partial charge in [-0.25, -0.2) is 0 Å². The number of anilines is 2. The highest BCUT2D eigenvalue weighted by atomic mass is 16.3. The van der Waals surface area contributed by atoms with E-state index in [0.29, 0.717) is 0 Å². The minimum Gasteiger partial charge on any atom is -0.456 e. The third-order valence-electron chi connectivity index (χ3n) is 16.2. The number of allylic oxidation sites excluding steroid dienone is 5. The highest BCUT2D eigenvalue weighted by Gasteiger charge is 2.56. The van der Waals surface area contributed by atoms with Crippen molar-refractivity contribution >= 4 is 38.9 Å². The van der Waals surface area contributed by atoms with Gasteiger partial charge >= 0.3 is 0 Å². The van der Waals surface area contributed by atoms with Crippen LogP contribution in [0.5, 0.6) is 0 Å². The van der Waals surface area contributed by atoms with E-state index >= 15 is 0 Å². The molecule has 0 saturated heterocycles. The van der Waals surface area contributed by atoms with Gasteiger partial charge in [0, 0.05) is 28.3 Å². The van der Waals surface area contributed by atoms with Gasteiger partial charge in [-0.3, -0.25) is 0 Å². The molecule has 2 heteroatoms. The molecule has 12 aromatic rings. The molecule has 2 aliphatic carbocycles. The molecule has 0 radical (unpaired) electrons. The van der Waals surface area contributed by atoms with Crippen LogP contribution in [0.25, 0.3) is 60.9 Å². The Balaban J connectivity index is 0.872. The van der Waals surface area contributed by atoms with Crippen molar-refractivity contribution in [3.05, 3.63) is 354 Å². The van der Waals surface area contributed by atoms with Gasteiger partial charge in [0.05, 0.1) is 10.8 Å². The molecular formula is C75H53NO. The monoisotopic (exact) mass is 983 g/mol. The van der Waals surface area contributed by atoms with Gasteiger partial charge in [-0.1, -0.05) is 243 Å². The van der Waals surface area contributed by atoms with Crippen molar-refractivity contribution in [2.45, 2.75) is 17.8 Å². The van der Waals surface area contributed by atoms with Crippen molar-refractivity contribution in [1.29, 1.82) is 0 Å². The summed E-state index contributed by atoms with van der Waals surface area (Å²) in [5.41, 5.74) is 22.6. The van der Waals surface area contributed by atoms with E-state index in [4.69, 9.17) is 4.42 Å². The zero-order valence-electron chi connectivity index (χ0n) is 42.7. The Hall–Kier alpha value is -9.76. The van der Waals surface area contributed by atoms with Crippen LogP contribution in [0.3, 0.4) is 0 Å². The summed E-state index contributed by atoms with van der Waals surface area (Å²) in [6, 6.07) is 100. The Morgan fingerprint density at radius 1 is 0.377 bits per heavy atom. The third-order valence-corrected chi connectivity index (χ3v) is 16.2. The van der Waals surface area contributed by atoms with Crippen molar-refractivity contribution in [2.75, 3.05) is 4.90 Å². The Morgan fingerprint density at radius 2 is 0.857 bits per heavy atom. The van der Waals surface area contributed by atoms with E-state index < -0.39 is 10.8 Å². The minimum atomic E-state index is -0.554. The molecule has 77 heavy (non-hydrogen) atoms. The van der Waals surface area contributed by atoms with Crippen molar-refractivity contribution in [1.82, 2.24) is 0 Å². The molecule has 364 valence electrons. The molecule has 14 rings (SSSR count). The van der Waals surface area contributed by atoms with Gasteiger partial charge in [0.2, 0.25) is 0 Å². The molecule has 0 unspecified atom stereocenters. The molecule has 0 bridgehead atoms. The van der Waals surface area contributed by atoms with E-state index in [2.05, 4.69) is 303 Å². The molecule has 0 saturated carbocycles. The van der Waals surface area contributed by atoms with Crippen LogP contribution >= 0.6 is 0 Å². The minimum absolute atomic E-state index is 0.544. The average molecular weight is 984 g/mol. The lowest BCUT2D eigenvalue weighted by atomic mass is 9.51. The highest BCUT2D eigenvalue weighted by molar-refractivity contribution is 6.06. The Labute approximate surface area is 450 Å². The smallest absolute Gasteiger partial charge is 0.136 e. The molecule has 0 amide bonds. The summed E-state index contributed by atoms with van der Waals surface area (Å²) in [7, 11) is 0. The summed E-state index contributed by atoms with van der Waals surface area (Å²) in [5, 5.41) is 2.27. The van der Waals surface area contributed by atoms with Gasteiger partial charge < -0.3 is 9.32 Å². The fraction of sp³-hybridized carbons (Fsp3) is 0.0400. The molecule has 2 nitrogen and oxygen atoms in total. The molecule has 0 atom stereocenters. The second-order valence-electron chi connectivity index (χ2n) is 20.2. The number of rotatable bonds is 10. The number of nitrogens with zero attached hydrogens (tertiary/aromatic N) is 1. The van der Waals surface area contributed by atoms with E-state index in [0.717, 1.165) is 55.6 Å². The number of hydrogen-bond acceptors (Lipinski definition) is 2. The van der Waals surface area contributed by atoms with E-state index in [1.807, 2.05) is 12.1 Å². The maximum atomic E-state index is 6.29. The van der Waals surface area contributed by atoms with Gasteiger partial charge in [0.15, 0.2) is 0 Å². The highest BCUT2D eigenvalue weighted by Crippen LogP contribution is 2.64. The van der Waals surface area contributed by atoms with Crippen LogP contribution in [0, 0.1) is 0 Å². The summed E-state index contributed by atoms with van der Waals surface area (Å²) >= 11 is 0. The zero-order valence-corrected chi connectivity index (χ0v) is 42.7. The van der Waals surface area contributed by atoms with Crippen molar-refractivity contribution < 1.29 is 4.42 Å². The van der Waals surface area contributed by atoms with Crippen molar-refractivity contribution in [3.63, 3.8) is 0 Å². The van der Waals surface area contributed by atoms with Gasteiger partial charge in [-0.05, 0) is 151 Å². The summed E-state index contributed by atoms with van der Waals surface area (Å²) in [5.74, 6) is 0. The zero-order chi connectivity index (χ0) is 51.3. The largest absolute Gasteiger partial charge is 0.456 e. The third kappa shape index (κ3) is 7.32. The van der Waals surface area contributed by atoms with Crippen molar-refractivity contribution in [3.8, 4) is 33.4 Å². The van der Waals surface area contributed by atoms with Gasteiger partial charge in [-0.2, -0.15) is 0 Å². The summed E-state index contributed by atoms with van der Waals surface area (Å²) in [4.78, 5) is 2.27. The summed E-state index contributed by atoms with van der Waals surface area (Å²) in [6.07, 6.45) is 11.0. The molecule has 2 aliphatic rings. The maximum absolute atomic E-state index is 6.29. The van der Waals surface area contributed by atoms with E-state index in [1.165, 1.54) is 66.8 Å². The average Bonchev–Trinajstić information content (AvgIpc) is 4.12. The Kier molecular flexibility index (Phi) is 11.2. The fourth-order valence-electron chi connectivity index (χ4n) is 12.9. The van der Waals surface area contributed by atoms with Crippen LogP contribution in [0.15, 0.2) is 308 Å². The van der Waals surface area contributed by atoms with E-state index in [-0.39, 0.29) is 0 Å². The van der Waals surface area contributed by atoms with E-state index in [9.17, 15) is 0 Å². The standard InChI is InChI=1S/C75H53NO/c1-2-21-52(24-20-49-76(60-43-37-54(38-44-60)53-22-6-3-7-23-53)61-45-39-55(40-46-61)57-41-47-64-63-30-13-19-36-72(63)77-73(64)51-57)56-42-48-67-65(50-56)62-29-12-14-31-66(62)75(67)70-34-17-15-32-68(70)74(58-25-8-4-9-26-58,59-27-10-5-11-28-59)69-33-16-18-35-71(69)75/h2-51H,1H3/b21-2-,49-20+,52-24+. The molecular weight excluding hydrogens is 931 g/mol. The fourth-order valence-corrected chi connectivity index (χ4v) is 12.9. The molecule has 0 N–H and O–H groups in total.